The summed E-state index contributed by atoms with van der Waals surface area (Å²) in [4.78, 5) is 19.1. The van der Waals surface area contributed by atoms with Gasteiger partial charge in [0, 0.05) is 11.6 Å². The highest BCUT2D eigenvalue weighted by Gasteiger charge is 2.21. The molecule has 0 bridgehead atoms. The Kier molecular flexibility index (Phi) is 3.91. The van der Waals surface area contributed by atoms with E-state index in [1.54, 1.807) is 22.9 Å². The van der Waals surface area contributed by atoms with Crippen molar-refractivity contribution in [1.82, 2.24) is 19.7 Å². The van der Waals surface area contributed by atoms with Crippen LogP contribution in [0.15, 0.2) is 84.9 Å². The van der Waals surface area contributed by atoms with Gasteiger partial charge in [0.2, 0.25) is 0 Å². The van der Waals surface area contributed by atoms with Crippen molar-refractivity contribution in [3.63, 3.8) is 0 Å². The topological polar surface area (TPSA) is 89.6 Å². The van der Waals surface area contributed by atoms with E-state index in [0.29, 0.717) is 17.2 Å². The standard InChI is InChI=1S/C22H15N5O2/c28-27(29)20-13-7-6-12-19(20)26-21(15-8-2-1-3-9-15)14-18(25-26)22-23-16-10-4-5-11-17(16)24-22/h1-14H,(H,23,24). The molecule has 0 fully saturated rings. The molecular weight excluding hydrogens is 366 g/mol. The summed E-state index contributed by atoms with van der Waals surface area (Å²) in [6, 6.07) is 25.9. The molecule has 1 N–H and O–H groups in total. The number of H-pyrrole nitrogens is 1. The molecule has 0 aliphatic heterocycles. The lowest BCUT2D eigenvalue weighted by atomic mass is 10.1. The number of nitrogens with one attached hydrogen (secondary N) is 1. The van der Waals surface area contributed by atoms with Crippen molar-refractivity contribution in [1.29, 1.82) is 0 Å². The van der Waals surface area contributed by atoms with Gasteiger partial charge in [0.1, 0.15) is 11.4 Å². The molecule has 5 aromatic rings. The number of nitro benzene ring substituents is 1. The molecule has 0 unspecified atom stereocenters. The van der Waals surface area contributed by atoms with Gasteiger partial charge in [-0.15, -0.1) is 0 Å². The number of imidazole rings is 1. The molecule has 0 aliphatic rings. The van der Waals surface area contributed by atoms with E-state index in [-0.39, 0.29) is 5.69 Å². The van der Waals surface area contributed by atoms with Crippen LogP contribution in [0, 0.1) is 10.1 Å². The average molecular weight is 381 g/mol. The Labute approximate surface area is 165 Å². The molecule has 0 radical (unpaired) electrons. The molecule has 0 spiro atoms. The van der Waals surface area contributed by atoms with Crippen LogP contribution in [0.3, 0.4) is 0 Å². The van der Waals surface area contributed by atoms with Crippen molar-refractivity contribution < 1.29 is 4.92 Å². The molecule has 7 nitrogen and oxygen atoms in total. The second-order valence-corrected chi connectivity index (χ2v) is 6.54. The Morgan fingerprint density at radius 1 is 0.897 bits per heavy atom. The molecule has 0 atom stereocenters. The van der Waals surface area contributed by atoms with Crippen LogP contribution < -0.4 is 0 Å². The van der Waals surface area contributed by atoms with E-state index in [0.717, 1.165) is 22.3 Å². The quantitative estimate of drug-likeness (QED) is 0.351. The third kappa shape index (κ3) is 2.94. The Balaban J connectivity index is 1.75. The number of nitrogens with zero attached hydrogens (tertiary/aromatic N) is 4. The van der Waals surface area contributed by atoms with Crippen LogP contribution in [0.2, 0.25) is 0 Å². The van der Waals surface area contributed by atoms with E-state index in [9.17, 15) is 10.1 Å². The second-order valence-electron chi connectivity index (χ2n) is 6.54. The number of benzene rings is 3. The molecule has 0 saturated heterocycles. The summed E-state index contributed by atoms with van der Waals surface area (Å²) >= 11 is 0. The van der Waals surface area contributed by atoms with Gasteiger partial charge in [-0.3, -0.25) is 10.1 Å². The predicted octanol–water partition coefficient (Wildman–Crippen LogP) is 4.99. The fourth-order valence-corrected chi connectivity index (χ4v) is 3.37. The van der Waals surface area contributed by atoms with Gasteiger partial charge in [-0.05, 0) is 24.3 Å². The van der Waals surface area contributed by atoms with Gasteiger partial charge in [-0.1, -0.05) is 54.6 Å². The third-order valence-electron chi connectivity index (χ3n) is 4.72. The zero-order valence-corrected chi connectivity index (χ0v) is 15.2. The number of aromatic nitrogens is 4. The number of hydrogen-bond acceptors (Lipinski definition) is 4. The number of aromatic amines is 1. The van der Waals surface area contributed by atoms with Crippen molar-refractivity contribution in [2.75, 3.05) is 0 Å². The van der Waals surface area contributed by atoms with Crippen LogP contribution >= 0.6 is 0 Å². The highest BCUT2D eigenvalue weighted by molar-refractivity contribution is 5.79. The lowest BCUT2D eigenvalue weighted by Crippen LogP contribution is -2.03. The van der Waals surface area contributed by atoms with E-state index in [1.807, 2.05) is 60.7 Å². The van der Waals surface area contributed by atoms with Gasteiger partial charge in [-0.25, -0.2) is 9.67 Å². The van der Waals surface area contributed by atoms with Crippen LogP contribution in [-0.2, 0) is 0 Å². The fraction of sp³-hybridized carbons (Fsp3) is 0. The summed E-state index contributed by atoms with van der Waals surface area (Å²) in [6.07, 6.45) is 0. The fourth-order valence-electron chi connectivity index (χ4n) is 3.37. The number of rotatable bonds is 4. The maximum Gasteiger partial charge on any atom is 0.294 e. The van der Waals surface area contributed by atoms with Crippen molar-refractivity contribution in [2.24, 2.45) is 0 Å². The van der Waals surface area contributed by atoms with Crippen molar-refractivity contribution >= 4 is 16.7 Å². The number of hydrogen-bond donors (Lipinski definition) is 1. The zero-order chi connectivity index (χ0) is 19.8. The minimum Gasteiger partial charge on any atom is -0.337 e. The van der Waals surface area contributed by atoms with Crippen molar-refractivity contribution in [3.05, 3.63) is 95.0 Å². The first kappa shape index (κ1) is 16.9. The van der Waals surface area contributed by atoms with E-state index in [1.165, 1.54) is 6.07 Å². The second kappa shape index (κ2) is 6.72. The van der Waals surface area contributed by atoms with E-state index < -0.39 is 4.92 Å². The smallest absolute Gasteiger partial charge is 0.294 e. The normalized spacial score (nSPS) is 11.0. The third-order valence-corrected chi connectivity index (χ3v) is 4.72. The van der Waals surface area contributed by atoms with Gasteiger partial charge >= 0.3 is 0 Å². The molecule has 3 aromatic carbocycles. The van der Waals surface area contributed by atoms with Crippen LogP contribution in [-0.4, -0.2) is 24.7 Å². The maximum atomic E-state index is 11.6. The van der Waals surface area contributed by atoms with E-state index >= 15 is 0 Å². The lowest BCUT2D eigenvalue weighted by molar-refractivity contribution is -0.384. The molecule has 2 aromatic heterocycles. The largest absolute Gasteiger partial charge is 0.337 e. The summed E-state index contributed by atoms with van der Waals surface area (Å²) in [6.45, 7) is 0. The van der Waals surface area contributed by atoms with Gasteiger partial charge in [0.15, 0.2) is 5.82 Å². The van der Waals surface area contributed by atoms with Gasteiger partial charge < -0.3 is 4.98 Å². The highest BCUT2D eigenvalue weighted by Crippen LogP contribution is 2.31. The summed E-state index contributed by atoms with van der Waals surface area (Å²) in [5.41, 5.74) is 4.39. The summed E-state index contributed by atoms with van der Waals surface area (Å²) in [5, 5.41) is 16.3. The molecule has 29 heavy (non-hydrogen) atoms. The Morgan fingerprint density at radius 3 is 2.41 bits per heavy atom. The van der Waals surface area contributed by atoms with Crippen LogP contribution in [0.25, 0.3) is 39.5 Å². The number of para-hydroxylation sites is 4. The highest BCUT2D eigenvalue weighted by atomic mass is 16.6. The monoisotopic (exact) mass is 381 g/mol. The first-order valence-corrected chi connectivity index (χ1v) is 9.05. The molecule has 5 rings (SSSR count). The maximum absolute atomic E-state index is 11.6. The van der Waals surface area contributed by atoms with Crippen molar-refractivity contribution in [2.45, 2.75) is 0 Å². The van der Waals surface area contributed by atoms with Gasteiger partial charge in [0.25, 0.3) is 5.69 Å². The molecular formula is C22H15N5O2. The minimum atomic E-state index is -0.396. The van der Waals surface area contributed by atoms with Crippen LogP contribution in [0.4, 0.5) is 5.69 Å². The first-order chi connectivity index (χ1) is 14.2. The minimum absolute atomic E-state index is 0.0102. The van der Waals surface area contributed by atoms with Crippen LogP contribution in [0.5, 0.6) is 0 Å². The molecule has 140 valence electrons. The van der Waals surface area contributed by atoms with Gasteiger partial charge in [0.05, 0.1) is 21.7 Å². The number of fused-ring (bicyclic) bond motifs is 1. The SMILES string of the molecule is O=[N+]([O-])c1ccccc1-n1nc(-c2nc3ccccc3[nH]2)cc1-c1ccccc1. The first-order valence-electron chi connectivity index (χ1n) is 9.05. The molecule has 0 saturated carbocycles. The van der Waals surface area contributed by atoms with Crippen LogP contribution in [0.1, 0.15) is 0 Å². The number of nitro groups is 1. The summed E-state index contributed by atoms with van der Waals surface area (Å²) in [7, 11) is 0. The molecule has 0 amide bonds. The predicted molar refractivity (Wildman–Crippen MR) is 111 cm³/mol. The Bertz CT molecular complexity index is 1300. The van der Waals surface area contributed by atoms with E-state index in [2.05, 4.69) is 15.1 Å². The van der Waals surface area contributed by atoms with Crippen molar-refractivity contribution in [3.8, 4) is 28.5 Å². The Hall–Kier alpha value is -4.26. The Morgan fingerprint density at radius 2 is 1.62 bits per heavy atom. The average Bonchev–Trinajstić information content (AvgIpc) is 3.39. The summed E-state index contributed by atoms with van der Waals surface area (Å²) in [5.74, 6) is 0.612. The molecule has 2 heterocycles. The lowest BCUT2D eigenvalue weighted by Gasteiger charge is -2.08. The van der Waals surface area contributed by atoms with E-state index in [4.69, 9.17) is 0 Å². The molecule has 0 aliphatic carbocycles. The summed E-state index contributed by atoms with van der Waals surface area (Å²) < 4.78 is 1.61. The van der Waals surface area contributed by atoms with Gasteiger partial charge in [-0.2, -0.15) is 5.10 Å². The zero-order valence-electron chi connectivity index (χ0n) is 15.2. The molecule has 7 heteroatoms.